The molecule has 0 saturated carbocycles. The minimum Gasteiger partial charge on any atom is -0.497 e. The number of pyridine rings is 1. The smallest absolute Gasteiger partial charge is 0.226 e. The van der Waals surface area contributed by atoms with E-state index < -0.39 is 0 Å². The molecule has 1 aliphatic carbocycles. The van der Waals surface area contributed by atoms with E-state index in [2.05, 4.69) is 28.1 Å². The molecule has 37 heavy (non-hydrogen) atoms. The van der Waals surface area contributed by atoms with Gasteiger partial charge in [-0.05, 0) is 48.7 Å². The summed E-state index contributed by atoms with van der Waals surface area (Å²) in [5.74, 6) is 2.78. The Hall–Kier alpha value is -4.39. The lowest BCUT2D eigenvalue weighted by Gasteiger charge is -2.29. The standard InChI is InChI=1S/C30H26N4O3/c1-36-21-12-10-18(11-13-21)20-15-31-30(32-16-20)34-17-23-27(33-24-8-4-3-7-22(24)29(23)35)28(34)26-14-19-6-2-5-9-25(19)37-26/h2-5,7-13,15-16,19,26,28H,6,14,17H2,1H3,(H,33,35)/t19?,26?,28-/m0/s1. The highest BCUT2D eigenvalue weighted by atomic mass is 16.5. The van der Waals surface area contributed by atoms with E-state index in [9.17, 15) is 4.79 Å². The first-order valence-electron chi connectivity index (χ1n) is 12.6. The van der Waals surface area contributed by atoms with Crippen molar-refractivity contribution in [2.45, 2.75) is 31.5 Å². The van der Waals surface area contributed by atoms with Crippen LogP contribution in [0.4, 0.5) is 5.95 Å². The summed E-state index contributed by atoms with van der Waals surface area (Å²) < 4.78 is 11.8. The average Bonchev–Trinajstić information content (AvgIpc) is 3.55. The van der Waals surface area contributed by atoms with Crippen molar-refractivity contribution in [1.29, 1.82) is 0 Å². The van der Waals surface area contributed by atoms with Crippen LogP contribution in [0.15, 0.2) is 89.7 Å². The number of aromatic nitrogens is 3. The number of hydrogen-bond donors (Lipinski definition) is 1. The van der Waals surface area contributed by atoms with Crippen molar-refractivity contribution < 1.29 is 9.47 Å². The number of H-pyrrole nitrogens is 1. The van der Waals surface area contributed by atoms with Crippen LogP contribution in [-0.4, -0.2) is 28.2 Å². The lowest BCUT2D eigenvalue weighted by atomic mass is 9.92. The molecule has 2 unspecified atom stereocenters. The fraction of sp³-hybridized carbons (Fsp3) is 0.233. The third-order valence-electron chi connectivity index (χ3n) is 7.69. The van der Waals surface area contributed by atoms with Gasteiger partial charge in [-0.1, -0.05) is 36.4 Å². The summed E-state index contributed by atoms with van der Waals surface area (Å²) in [5, 5.41) is 0.700. The highest BCUT2D eigenvalue weighted by molar-refractivity contribution is 5.80. The van der Waals surface area contributed by atoms with Crippen LogP contribution in [0.5, 0.6) is 5.75 Å². The maximum Gasteiger partial charge on any atom is 0.226 e. The molecule has 0 radical (unpaired) electrons. The van der Waals surface area contributed by atoms with E-state index in [0.29, 0.717) is 23.8 Å². The highest BCUT2D eigenvalue weighted by Gasteiger charge is 2.45. The fourth-order valence-electron chi connectivity index (χ4n) is 5.82. The maximum absolute atomic E-state index is 13.5. The molecule has 0 spiro atoms. The van der Waals surface area contributed by atoms with E-state index in [1.54, 1.807) is 7.11 Å². The number of allylic oxidation sites excluding steroid dienone is 4. The van der Waals surface area contributed by atoms with Crippen molar-refractivity contribution in [2.75, 3.05) is 12.0 Å². The molecule has 2 aliphatic heterocycles. The Morgan fingerprint density at radius 2 is 1.86 bits per heavy atom. The molecule has 3 aliphatic rings. The van der Waals surface area contributed by atoms with Gasteiger partial charge >= 0.3 is 0 Å². The van der Waals surface area contributed by atoms with Gasteiger partial charge in [0.2, 0.25) is 5.95 Å². The fourth-order valence-corrected chi connectivity index (χ4v) is 5.82. The predicted molar refractivity (Wildman–Crippen MR) is 142 cm³/mol. The largest absolute Gasteiger partial charge is 0.497 e. The van der Waals surface area contributed by atoms with Crippen LogP contribution in [0.1, 0.15) is 30.1 Å². The Kier molecular flexibility index (Phi) is 5.09. The van der Waals surface area contributed by atoms with Gasteiger partial charge in [0.05, 0.1) is 19.3 Å². The molecule has 1 fully saturated rings. The third-order valence-corrected chi connectivity index (χ3v) is 7.69. The molecule has 184 valence electrons. The number of nitrogens with zero attached hydrogens (tertiary/aromatic N) is 3. The molecule has 7 rings (SSSR count). The maximum atomic E-state index is 13.5. The van der Waals surface area contributed by atoms with Crippen molar-refractivity contribution in [3.05, 3.63) is 106 Å². The lowest BCUT2D eigenvalue weighted by molar-refractivity contribution is 0.131. The number of hydrogen-bond acceptors (Lipinski definition) is 6. The molecule has 4 heterocycles. The monoisotopic (exact) mass is 490 g/mol. The normalized spacial score (nSPS) is 21.9. The summed E-state index contributed by atoms with van der Waals surface area (Å²) in [6.45, 7) is 0.434. The number of methoxy groups -OCH3 is 1. The molecular weight excluding hydrogens is 464 g/mol. The number of rotatable bonds is 4. The molecule has 2 aromatic carbocycles. The zero-order valence-corrected chi connectivity index (χ0v) is 20.4. The molecule has 4 aromatic rings. The first-order chi connectivity index (χ1) is 18.2. The number of para-hydroxylation sites is 1. The summed E-state index contributed by atoms with van der Waals surface area (Å²) in [7, 11) is 1.65. The molecule has 1 N–H and O–H groups in total. The van der Waals surface area contributed by atoms with Crippen LogP contribution in [-0.2, 0) is 11.3 Å². The van der Waals surface area contributed by atoms with Crippen LogP contribution in [0.3, 0.4) is 0 Å². The van der Waals surface area contributed by atoms with E-state index in [0.717, 1.165) is 52.3 Å². The summed E-state index contributed by atoms with van der Waals surface area (Å²) >= 11 is 0. The highest BCUT2D eigenvalue weighted by Crippen LogP contribution is 2.46. The second-order valence-electron chi connectivity index (χ2n) is 9.79. The second kappa shape index (κ2) is 8.62. The van der Waals surface area contributed by atoms with Crippen molar-refractivity contribution >= 4 is 16.9 Å². The van der Waals surface area contributed by atoms with Gasteiger partial charge in [0.15, 0.2) is 5.43 Å². The van der Waals surface area contributed by atoms with Gasteiger partial charge in [-0.15, -0.1) is 0 Å². The van der Waals surface area contributed by atoms with Crippen LogP contribution in [0.25, 0.3) is 22.0 Å². The van der Waals surface area contributed by atoms with E-state index in [4.69, 9.17) is 19.4 Å². The molecular formula is C30H26N4O3. The Balaban J connectivity index is 1.29. The molecule has 2 aromatic heterocycles. The van der Waals surface area contributed by atoms with Crippen molar-refractivity contribution in [3.8, 4) is 16.9 Å². The van der Waals surface area contributed by atoms with Gasteiger partial charge in [-0.2, -0.15) is 0 Å². The quantitative estimate of drug-likeness (QED) is 0.418. The number of benzene rings is 2. The summed E-state index contributed by atoms with van der Waals surface area (Å²) in [6.07, 6.45) is 11.7. The van der Waals surface area contributed by atoms with Gasteiger partial charge in [0.1, 0.15) is 23.7 Å². The van der Waals surface area contributed by atoms with Gasteiger partial charge < -0.3 is 19.4 Å². The Labute approximate surface area is 214 Å². The Bertz CT molecular complexity index is 1610. The first kappa shape index (κ1) is 21.9. The van der Waals surface area contributed by atoms with Crippen molar-refractivity contribution in [1.82, 2.24) is 15.0 Å². The molecule has 3 atom stereocenters. The number of fused-ring (bicyclic) bond motifs is 3. The predicted octanol–water partition coefficient (Wildman–Crippen LogP) is 5.30. The summed E-state index contributed by atoms with van der Waals surface area (Å²) in [6, 6.07) is 15.3. The Morgan fingerprint density at radius 1 is 1.05 bits per heavy atom. The van der Waals surface area contributed by atoms with E-state index in [-0.39, 0.29) is 17.6 Å². The van der Waals surface area contributed by atoms with E-state index >= 15 is 0 Å². The Morgan fingerprint density at radius 3 is 2.65 bits per heavy atom. The van der Waals surface area contributed by atoms with Crippen LogP contribution in [0.2, 0.25) is 0 Å². The molecule has 0 bridgehead atoms. The third kappa shape index (κ3) is 3.61. The van der Waals surface area contributed by atoms with E-state index in [1.165, 1.54) is 0 Å². The minimum atomic E-state index is -0.189. The van der Waals surface area contributed by atoms with Crippen LogP contribution < -0.4 is 15.1 Å². The number of ether oxygens (including phenoxy) is 2. The molecule has 1 saturated heterocycles. The number of nitrogens with one attached hydrogen (secondary N) is 1. The summed E-state index contributed by atoms with van der Waals surface area (Å²) in [5.41, 5.74) is 4.49. The summed E-state index contributed by atoms with van der Waals surface area (Å²) in [4.78, 5) is 28.8. The van der Waals surface area contributed by atoms with Gasteiger partial charge in [-0.3, -0.25) is 4.79 Å². The second-order valence-corrected chi connectivity index (χ2v) is 9.79. The first-order valence-corrected chi connectivity index (χ1v) is 12.6. The van der Waals surface area contributed by atoms with Gasteiger partial charge in [0.25, 0.3) is 0 Å². The van der Waals surface area contributed by atoms with Crippen LogP contribution in [0, 0.1) is 5.92 Å². The molecule has 7 nitrogen and oxygen atoms in total. The SMILES string of the molecule is COc1ccc(-c2cnc(N3Cc4c([nH]c5ccccc5c4=O)[C@@H]3C3CC4CC=CC=C4O3)nc2)cc1. The number of aromatic amines is 1. The zero-order valence-electron chi connectivity index (χ0n) is 20.4. The molecule has 7 heteroatoms. The average molecular weight is 491 g/mol. The molecule has 0 amide bonds. The number of anilines is 1. The van der Waals surface area contributed by atoms with Gasteiger partial charge in [0, 0.05) is 40.3 Å². The van der Waals surface area contributed by atoms with Crippen molar-refractivity contribution in [3.63, 3.8) is 0 Å². The van der Waals surface area contributed by atoms with Gasteiger partial charge in [-0.25, -0.2) is 9.97 Å². The topological polar surface area (TPSA) is 80.3 Å². The van der Waals surface area contributed by atoms with E-state index in [1.807, 2.05) is 60.9 Å². The zero-order chi connectivity index (χ0) is 24.9. The van der Waals surface area contributed by atoms with Crippen LogP contribution >= 0.6 is 0 Å². The minimum absolute atomic E-state index is 0.0583. The lowest BCUT2D eigenvalue weighted by Crippen LogP contribution is -2.32. The van der Waals surface area contributed by atoms with Crippen molar-refractivity contribution in [2.24, 2.45) is 5.92 Å².